The predicted molar refractivity (Wildman–Crippen MR) is 65.4 cm³/mol. The second-order valence-electron chi connectivity index (χ2n) is 5.49. The minimum atomic E-state index is -0.516. The Morgan fingerprint density at radius 1 is 1.27 bits per heavy atom. The summed E-state index contributed by atoms with van der Waals surface area (Å²) >= 11 is -0.516. The molecule has 1 aliphatic carbocycles. The van der Waals surface area contributed by atoms with Crippen molar-refractivity contribution >= 4 is 11.2 Å². The van der Waals surface area contributed by atoms with Crippen LogP contribution >= 0.6 is 0 Å². The van der Waals surface area contributed by atoms with Crippen LogP contribution in [0.1, 0.15) is 26.7 Å². The standard InChI is InChI=1S/C12H23NOS/c1-10(2)12-7-11(8-12)9-13-3-5-15(14)6-4-13/h10-12H,3-9H2,1-2H3/t11-,12+. The summed E-state index contributed by atoms with van der Waals surface area (Å²) in [6.07, 6.45) is 2.86. The first-order valence-corrected chi connectivity index (χ1v) is 7.71. The molecule has 1 saturated heterocycles. The molecule has 88 valence electrons. The second-order valence-corrected chi connectivity index (χ2v) is 7.19. The van der Waals surface area contributed by atoms with Gasteiger partial charge in [-0.3, -0.25) is 4.90 Å². The fourth-order valence-corrected chi connectivity index (χ4v) is 3.83. The van der Waals surface area contributed by atoms with Crippen molar-refractivity contribution in [1.82, 2.24) is 4.90 Å². The van der Waals surface area contributed by atoms with Crippen molar-refractivity contribution in [3.05, 3.63) is 0 Å². The van der Waals surface area contributed by atoms with Gasteiger partial charge in [-0.15, -0.1) is 0 Å². The molecule has 1 heterocycles. The lowest BCUT2D eigenvalue weighted by molar-refractivity contribution is 0.0986. The third kappa shape index (κ3) is 3.11. The summed E-state index contributed by atoms with van der Waals surface area (Å²) < 4.78 is 11.2. The monoisotopic (exact) mass is 229 g/mol. The number of nitrogens with zero attached hydrogens (tertiary/aromatic N) is 1. The van der Waals surface area contributed by atoms with Crippen LogP contribution in [-0.4, -0.2) is 40.6 Å². The molecule has 0 spiro atoms. The van der Waals surface area contributed by atoms with E-state index in [9.17, 15) is 4.55 Å². The highest BCUT2D eigenvalue weighted by molar-refractivity contribution is 7.91. The summed E-state index contributed by atoms with van der Waals surface area (Å²) in [6.45, 7) is 8.07. The fraction of sp³-hybridized carbons (Fsp3) is 1.00. The van der Waals surface area contributed by atoms with Crippen molar-refractivity contribution < 1.29 is 4.55 Å². The van der Waals surface area contributed by atoms with Crippen molar-refractivity contribution in [2.24, 2.45) is 17.8 Å². The molecule has 0 aromatic rings. The molecule has 2 aliphatic rings. The van der Waals surface area contributed by atoms with E-state index in [1.807, 2.05) is 0 Å². The van der Waals surface area contributed by atoms with E-state index in [1.165, 1.54) is 19.4 Å². The normalized spacial score (nSPS) is 34.4. The van der Waals surface area contributed by atoms with Gasteiger partial charge in [0, 0.05) is 19.6 Å². The van der Waals surface area contributed by atoms with Crippen LogP contribution in [0.5, 0.6) is 0 Å². The highest BCUT2D eigenvalue weighted by Gasteiger charge is 2.33. The largest absolute Gasteiger partial charge is 0.616 e. The fourth-order valence-electron chi connectivity index (χ4n) is 2.70. The zero-order chi connectivity index (χ0) is 10.8. The summed E-state index contributed by atoms with van der Waals surface area (Å²) in [4.78, 5) is 2.52. The van der Waals surface area contributed by atoms with Crippen molar-refractivity contribution in [2.75, 3.05) is 31.1 Å². The van der Waals surface area contributed by atoms with Gasteiger partial charge in [-0.25, -0.2) is 0 Å². The summed E-state index contributed by atoms with van der Waals surface area (Å²) in [5.74, 6) is 4.59. The average molecular weight is 229 g/mol. The maximum atomic E-state index is 11.2. The SMILES string of the molecule is CC(C)[C@H]1C[C@@H](CN2CC[S+]([O-])CC2)C1. The van der Waals surface area contributed by atoms with Crippen LogP contribution in [0, 0.1) is 17.8 Å². The third-order valence-electron chi connectivity index (χ3n) is 4.00. The Morgan fingerprint density at radius 2 is 1.87 bits per heavy atom. The van der Waals surface area contributed by atoms with Crippen LogP contribution in [0.15, 0.2) is 0 Å². The molecule has 0 amide bonds. The molecule has 2 rings (SSSR count). The second kappa shape index (κ2) is 5.07. The van der Waals surface area contributed by atoms with Crippen LogP contribution in [0.4, 0.5) is 0 Å². The van der Waals surface area contributed by atoms with E-state index in [4.69, 9.17) is 0 Å². The van der Waals surface area contributed by atoms with Gasteiger partial charge in [0.2, 0.25) is 0 Å². The molecular formula is C12H23NOS. The molecule has 0 atom stereocenters. The minimum Gasteiger partial charge on any atom is -0.616 e. The molecule has 1 saturated carbocycles. The topological polar surface area (TPSA) is 26.3 Å². The first-order valence-electron chi connectivity index (χ1n) is 6.22. The van der Waals surface area contributed by atoms with Crippen LogP contribution in [0.25, 0.3) is 0 Å². The Bertz CT molecular complexity index is 196. The van der Waals surface area contributed by atoms with Crippen LogP contribution in [-0.2, 0) is 11.2 Å². The molecule has 0 unspecified atom stereocenters. The maximum absolute atomic E-state index is 11.2. The van der Waals surface area contributed by atoms with E-state index >= 15 is 0 Å². The molecule has 3 heteroatoms. The highest BCUT2D eigenvalue weighted by atomic mass is 32.2. The van der Waals surface area contributed by atoms with Crippen molar-refractivity contribution in [3.8, 4) is 0 Å². The van der Waals surface area contributed by atoms with Gasteiger partial charge in [0.1, 0.15) is 11.5 Å². The molecule has 0 radical (unpaired) electrons. The average Bonchev–Trinajstić information content (AvgIpc) is 2.13. The first kappa shape index (κ1) is 11.7. The van der Waals surface area contributed by atoms with Crippen LogP contribution in [0.2, 0.25) is 0 Å². The zero-order valence-corrected chi connectivity index (χ0v) is 10.8. The Balaban J connectivity index is 1.63. The molecule has 2 fully saturated rings. The van der Waals surface area contributed by atoms with Crippen molar-refractivity contribution in [2.45, 2.75) is 26.7 Å². The number of rotatable bonds is 3. The molecule has 0 aromatic carbocycles. The van der Waals surface area contributed by atoms with E-state index < -0.39 is 11.2 Å². The van der Waals surface area contributed by atoms with Gasteiger partial charge in [0.15, 0.2) is 0 Å². The third-order valence-corrected chi connectivity index (χ3v) is 5.28. The quantitative estimate of drug-likeness (QED) is 0.689. The minimum absolute atomic E-state index is 0.516. The van der Waals surface area contributed by atoms with Gasteiger partial charge in [0.25, 0.3) is 0 Å². The Hall–Kier alpha value is 0.270. The number of hydrogen-bond donors (Lipinski definition) is 0. The number of hydrogen-bond acceptors (Lipinski definition) is 2. The lowest BCUT2D eigenvalue weighted by Crippen LogP contribution is -2.45. The maximum Gasteiger partial charge on any atom is 0.118 e. The van der Waals surface area contributed by atoms with E-state index in [2.05, 4.69) is 18.7 Å². The van der Waals surface area contributed by atoms with E-state index in [0.29, 0.717) is 0 Å². The molecule has 15 heavy (non-hydrogen) atoms. The van der Waals surface area contributed by atoms with Crippen LogP contribution < -0.4 is 0 Å². The molecule has 0 bridgehead atoms. The van der Waals surface area contributed by atoms with E-state index in [-0.39, 0.29) is 0 Å². The van der Waals surface area contributed by atoms with Gasteiger partial charge in [0.05, 0.1) is 0 Å². The smallest absolute Gasteiger partial charge is 0.118 e. The van der Waals surface area contributed by atoms with Gasteiger partial charge in [-0.2, -0.15) is 0 Å². The first-order chi connectivity index (χ1) is 7.15. The molecule has 0 aromatic heterocycles. The van der Waals surface area contributed by atoms with Gasteiger partial charge < -0.3 is 4.55 Å². The molecule has 0 N–H and O–H groups in total. The van der Waals surface area contributed by atoms with E-state index in [0.717, 1.165) is 42.3 Å². The van der Waals surface area contributed by atoms with Crippen molar-refractivity contribution in [1.29, 1.82) is 0 Å². The zero-order valence-electron chi connectivity index (χ0n) is 9.95. The Kier molecular flexibility index (Phi) is 3.97. The van der Waals surface area contributed by atoms with Gasteiger partial charge in [-0.1, -0.05) is 25.0 Å². The predicted octanol–water partition coefficient (Wildman–Crippen LogP) is 1.73. The lowest BCUT2D eigenvalue weighted by Gasteiger charge is -2.41. The Morgan fingerprint density at radius 3 is 2.40 bits per heavy atom. The summed E-state index contributed by atoms with van der Waals surface area (Å²) in [6, 6.07) is 0. The van der Waals surface area contributed by atoms with Crippen LogP contribution in [0.3, 0.4) is 0 Å². The van der Waals surface area contributed by atoms with E-state index in [1.54, 1.807) is 0 Å². The highest BCUT2D eigenvalue weighted by Crippen LogP contribution is 2.39. The summed E-state index contributed by atoms with van der Waals surface area (Å²) in [5.41, 5.74) is 0. The van der Waals surface area contributed by atoms with Gasteiger partial charge in [-0.05, 0) is 30.6 Å². The molecule has 1 aliphatic heterocycles. The molecular weight excluding hydrogens is 206 g/mol. The summed E-state index contributed by atoms with van der Waals surface area (Å²) in [5, 5.41) is 0. The Labute approximate surface area is 96.6 Å². The molecule has 2 nitrogen and oxygen atoms in total. The van der Waals surface area contributed by atoms with Crippen molar-refractivity contribution in [3.63, 3.8) is 0 Å². The summed E-state index contributed by atoms with van der Waals surface area (Å²) in [7, 11) is 0. The van der Waals surface area contributed by atoms with Gasteiger partial charge >= 0.3 is 0 Å². The lowest BCUT2D eigenvalue weighted by atomic mass is 9.69.